The molecule has 1 amide bonds. The van der Waals surface area contributed by atoms with E-state index in [9.17, 15) is 14.7 Å². The Balaban J connectivity index is 1.82. The molecule has 1 saturated heterocycles. The van der Waals surface area contributed by atoms with Gasteiger partial charge in [0.15, 0.2) is 0 Å². The minimum atomic E-state index is -1.03. The Labute approximate surface area is 130 Å². The lowest BCUT2D eigenvalue weighted by Gasteiger charge is -2.32. The molecule has 0 spiro atoms. The van der Waals surface area contributed by atoms with Crippen LogP contribution in [0.1, 0.15) is 22.5 Å². The molecule has 1 fully saturated rings. The second-order valence-corrected chi connectivity index (χ2v) is 6.56. The Hall–Kier alpha value is -1.59. The molecule has 0 unspecified atom stereocenters. The fourth-order valence-corrected chi connectivity index (χ4v) is 4.09. The molecule has 0 aliphatic carbocycles. The standard InChI is InChI=1S/C15H14ClNO3S/c16-12-10-3-1-2-4-11(10)21-13(12)14(18)17-7-5-9(6-8-17)15(19)20/h1-4,9H,5-8H2,(H,19,20)/p-1. The van der Waals surface area contributed by atoms with Crippen molar-refractivity contribution in [1.82, 2.24) is 4.90 Å². The Bertz CT molecular complexity index is 704. The summed E-state index contributed by atoms with van der Waals surface area (Å²) in [4.78, 5) is 25.6. The van der Waals surface area contributed by atoms with Gasteiger partial charge in [-0.2, -0.15) is 0 Å². The average Bonchev–Trinajstić information content (AvgIpc) is 2.84. The van der Waals surface area contributed by atoms with Crippen LogP contribution in [-0.4, -0.2) is 29.9 Å². The van der Waals surface area contributed by atoms with E-state index in [4.69, 9.17) is 11.6 Å². The molecule has 1 aromatic carbocycles. The summed E-state index contributed by atoms with van der Waals surface area (Å²) in [5.74, 6) is -1.59. The van der Waals surface area contributed by atoms with Gasteiger partial charge in [0.1, 0.15) is 4.88 Å². The second-order valence-electron chi connectivity index (χ2n) is 5.13. The van der Waals surface area contributed by atoms with Gasteiger partial charge in [-0.3, -0.25) is 4.79 Å². The third-order valence-electron chi connectivity index (χ3n) is 3.84. The predicted molar refractivity (Wildman–Crippen MR) is 80.5 cm³/mol. The van der Waals surface area contributed by atoms with Gasteiger partial charge in [0.2, 0.25) is 0 Å². The molecule has 1 aromatic heterocycles. The van der Waals surface area contributed by atoms with Gasteiger partial charge in [-0.15, -0.1) is 11.3 Å². The van der Waals surface area contributed by atoms with Gasteiger partial charge in [0.25, 0.3) is 5.91 Å². The molecule has 2 aromatic rings. The number of likely N-dealkylation sites (tertiary alicyclic amines) is 1. The van der Waals surface area contributed by atoms with E-state index >= 15 is 0 Å². The summed E-state index contributed by atoms with van der Waals surface area (Å²) in [5, 5.41) is 12.2. The zero-order valence-electron chi connectivity index (χ0n) is 11.2. The highest BCUT2D eigenvalue weighted by Gasteiger charge is 2.27. The molecule has 1 aliphatic rings. The number of carboxylic acids is 1. The maximum Gasteiger partial charge on any atom is 0.265 e. The van der Waals surface area contributed by atoms with Crippen LogP contribution in [0.5, 0.6) is 0 Å². The molecule has 6 heteroatoms. The fraction of sp³-hybridized carbons (Fsp3) is 0.333. The summed E-state index contributed by atoms with van der Waals surface area (Å²) in [6.45, 7) is 0.865. The highest BCUT2D eigenvalue weighted by molar-refractivity contribution is 7.21. The minimum absolute atomic E-state index is 0.113. The van der Waals surface area contributed by atoms with Crippen LogP contribution in [0.4, 0.5) is 0 Å². The van der Waals surface area contributed by atoms with Crippen molar-refractivity contribution in [3.8, 4) is 0 Å². The van der Waals surface area contributed by atoms with Gasteiger partial charge >= 0.3 is 0 Å². The smallest absolute Gasteiger partial charge is 0.265 e. The topological polar surface area (TPSA) is 60.4 Å². The van der Waals surface area contributed by atoms with Crippen LogP contribution >= 0.6 is 22.9 Å². The lowest BCUT2D eigenvalue weighted by molar-refractivity contribution is -0.312. The molecule has 2 heterocycles. The molecule has 1 aliphatic heterocycles. The summed E-state index contributed by atoms with van der Waals surface area (Å²) < 4.78 is 0.982. The quantitative estimate of drug-likeness (QED) is 0.851. The van der Waals surface area contributed by atoms with Crippen LogP contribution in [0.15, 0.2) is 24.3 Å². The Morgan fingerprint density at radius 2 is 1.90 bits per heavy atom. The number of thiophene rings is 1. The first-order valence-corrected chi connectivity index (χ1v) is 7.94. The third kappa shape index (κ3) is 2.63. The maximum atomic E-state index is 12.6. The summed E-state index contributed by atoms with van der Waals surface area (Å²) in [7, 11) is 0. The number of piperidine rings is 1. The number of fused-ring (bicyclic) bond motifs is 1. The predicted octanol–water partition coefficient (Wildman–Crippen LogP) is 2.16. The Morgan fingerprint density at radius 3 is 2.52 bits per heavy atom. The summed E-state index contributed by atoms with van der Waals surface area (Å²) in [6.07, 6.45) is 0.882. The van der Waals surface area contributed by atoms with Crippen molar-refractivity contribution >= 4 is 44.9 Å². The van der Waals surface area contributed by atoms with Gasteiger partial charge < -0.3 is 14.8 Å². The van der Waals surface area contributed by atoms with Crippen LogP contribution in [0.3, 0.4) is 0 Å². The second kappa shape index (κ2) is 5.66. The van der Waals surface area contributed by atoms with Crippen molar-refractivity contribution in [2.45, 2.75) is 12.8 Å². The molecule has 0 atom stereocenters. The van der Waals surface area contributed by atoms with E-state index in [0.717, 1.165) is 10.1 Å². The van der Waals surface area contributed by atoms with Crippen molar-refractivity contribution in [2.24, 2.45) is 5.92 Å². The number of carboxylic acid groups (broad SMARTS) is 1. The molecule has 0 saturated carbocycles. The van der Waals surface area contributed by atoms with E-state index in [1.165, 1.54) is 11.3 Å². The number of carbonyl (C=O) groups excluding carboxylic acids is 2. The van der Waals surface area contributed by atoms with E-state index in [0.29, 0.717) is 35.8 Å². The van der Waals surface area contributed by atoms with Gasteiger partial charge in [-0.25, -0.2) is 0 Å². The van der Waals surface area contributed by atoms with E-state index in [2.05, 4.69) is 0 Å². The Kier molecular flexibility index (Phi) is 3.87. The molecule has 0 bridgehead atoms. The number of nitrogens with zero attached hydrogens (tertiary/aromatic N) is 1. The highest BCUT2D eigenvalue weighted by atomic mass is 35.5. The van der Waals surface area contributed by atoms with Crippen LogP contribution in [-0.2, 0) is 4.79 Å². The van der Waals surface area contributed by atoms with Crippen LogP contribution in [0.2, 0.25) is 5.02 Å². The van der Waals surface area contributed by atoms with Gasteiger partial charge in [-0.1, -0.05) is 29.8 Å². The SMILES string of the molecule is O=C([O-])C1CCN(C(=O)c2sc3ccccc3c2Cl)CC1. The maximum absolute atomic E-state index is 12.6. The molecular formula is C15H13ClNO3S-. The number of rotatable bonds is 2. The zero-order valence-corrected chi connectivity index (χ0v) is 12.7. The van der Waals surface area contributed by atoms with Crippen molar-refractivity contribution in [3.63, 3.8) is 0 Å². The molecule has 21 heavy (non-hydrogen) atoms. The molecular weight excluding hydrogens is 310 g/mol. The largest absolute Gasteiger partial charge is 0.550 e. The van der Waals surface area contributed by atoms with E-state index < -0.39 is 11.9 Å². The first kappa shape index (κ1) is 14.4. The van der Waals surface area contributed by atoms with Crippen molar-refractivity contribution < 1.29 is 14.7 Å². The van der Waals surface area contributed by atoms with Crippen molar-refractivity contribution in [3.05, 3.63) is 34.2 Å². The number of halogens is 1. The van der Waals surface area contributed by atoms with Crippen molar-refractivity contribution in [2.75, 3.05) is 13.1 Å². The third-order valence-corrected chi connectivity index (χ3v) is 5.51. The van der Waals surface area contributed by atoms with Gasteiger partial charge in [0.05, 0.1) is 5.02 Å². The van der Waals surface area contributed by atoms with E-state index in [1.54, 1.807) is 4.90 Å². The summed E-state index contributed by atoms with van der Waals surface area (Å²) in [6, 6.07) is 7.63. The van der Waals surface area contributed by atoms with E-state index in [-0.39, 0.29) is 5.91 Å². The lowest BCUT2D eigenvalue weighted by Crippen LogP contribution is -2.43. The Morgan fingerprint density at radius 1 is 1.24 bits per heavy atom. The summed E-state index contributed by atoms with van der Waals surface area (Å²) >= 11 is 7.69. The van der Waals surface area contributed by atoms with Crippen LogP contribution in [0.25, 0.3) is 10.1 Å². The van der Waals surface area contributed by atoms with Crippen LogP contribution in [0, 0.1) is 5.92 Å². The molecule has 0 N–H and O–H groups in total. The first-order chi connectivity index (χ1) is 10.1. The number of carbonyl (C=O) groups is 2. The molecule has 4 nitrogen and oxygen atoms in total. The number of aliphatic carboxylic acids is 1. The zero-order chi connectivity index (χ0) is 15.0. The lowest BCUT2D eigenvalue weighted by atomic mass is 9.97. The van der Waals surface area contributed by atoms with Crippen molar-refractivity contribution in [1.29, 1.82) is 0 Å². The van der Waals surface area contributed by atoms with Crippen LogP contribution < -0.4 is 5.11 Å². The van der Waals surface area contributed by atoms with Gasteiger partial charge in [-0.05, 0) is 18.9 Å². The number of amides is 1. The fourth-order valence-electron chi connectivity index (χ4n) is 2.61. The average molecular weight is 323 g/mol. The molecule has 110 valence electrons. The normalized spacial score (nSPS) is 16.3. The minimum Gasteiger partial charge on any atom is -0.550 e. The first-order valence-electron chi connectivity index (χ1n) is 6.75. The van der Waals surface area contributed by atoms with E-state index in [1.807, 2.05) is 24.3 Å². The molecule has 3 rings (SSSR count). The molecule has 0 radical (unpaired) electrons. The summed E-state index contributed by atoms with van der Waals surface area (Å²) in [5.41, 5.74) is 0. The number of hydrogen-bond donors (Lipinski definition) is 0. The number of hydrogen-bond acceptors (Lipinski definition) is 4. The number of benzene rings is 1. The monoisotopic (exact) mass is 322 g/mol. The van der Waals surface area contributed by atoms with Gasteiger partial charge in [0, 0.05) is 35.1 Å². The highest BCUT2D eigenvalue weighted by Crippen LogP contribution is 2.36.